The quantitative estimate of drug-likeness (QED) is 0.810. The van der Waals surface area contributed by atoms with Crippen LogP contribution < -0.4 is 5.32 Å². The molecule has 19 heavy (non-hydrogen) atoms. The van der Waals surface area contributed by atoms with Gasteiger partial charge in [-0.15, -0.1) is 0 Å². The van der Waals surface area contributed by atoms with Gasteiger partial charge < -0.3 is 5.32 Å². The van der Waals surface area contributed by atoms with Gasteiger partial charge in [0.1, 0.15) is 0 Å². The second kappa shape index (κ2) is 5.95. The van der Waals surface area contributed by atoms with E-state index in [4.69, 9.17) is 0 Å². The molecule has 0 saturated carbocycles. The third-order valence-electron chi connectivity index (χ3n) is 3.97. The number of hydrogen-bond acceptors (Lipinski definition) is 1. The average molecular weight is 271 g/mol. The Hall–Kier alpha value is -1.03. The predicted octanol–water partition coefficient (Wildman–Crippen LogP) is 4.26. The number of hydrogen-bond donors (Lipinski definition) is 1. The summed E-state index contributed by atoms with van der Waals surface area (Å²) in [6.07, 6.45) is 5.47. The molecule has 0 aromatic heterocycles. The first-order valence-corrected chi connectivity index (χ1v) is 7.00. The lowest BCUT2D eigenvalue weighted by atomic mass is 9.81. The van der Waals surface area contributed by atoms with Gasteiger partial charge in [-0.05, 0) is 31.9 Å². The third kappa shape index (κ3) is 2.78. The molecule has 1 unspecified atom stereocenters. The van der Waals surface area contributed by atoms with E-state index in [1.54, 1.807) is 0 Å². The molecule has 0 amide bonds. The third-order valence-corrected chi connectivity index (χ3v) is 3.97. The highest BCUT2D eigenvalue weighted by Gasteiger charge is 2.35. The van der Waals surface area contributed by atoms with Crippen LogP contribution in [0.1, 0.15) is 51.0 Å². The highest BCUT2D eigenvalue weighted by atomic mass is 19.2. The summed E-state index contributed by atoms with van der Waals surface area (Å²) in [4.78, 5) is 0. The summed E-state index contributed by atoms with van der Waals surface area (Å²) in [7, 11) is 0. The standard InChI is InChI=1S/C15H20F3N/c1-2-8-15(9-4-3-5-10-19-15)11-6-7-12(16)14(18)13(11)17/h6-7,19H,2-5,8-10H2,1H3. The van der Waals surface area contributed by atoms with Crippen molar-refractivity contribution in [3.05, 3.63) is 35.1 Å². The summed E-state index contributed by atoms with van der Waals surface area (Å²) in [5, 5.41) is 3.37. The summed E-state index contributed by atoms with van der Waals surface area (Å²) in [6, 6.07) is 2.42. The molecule has 106 valence electrons. The predicted molar refractivity (Wildman–Crippen MR) is 69.4 cm³/mol. The molecular formula is C15H20F3N. The fraction of sp³-hybridized carbons (Fsp3) is 0.600. The highest BCUT2D eigenvalue weighted by Crippen LogP contribution is 2.36. The lowest BCUT2D eigenvalue weighted by Gasteiger charge is -2.34. The zero-order valence-corrected chi connectivity index (χ0v) is 11.2. The molecule has 1 aromatic rings. The van der Waals surface area contributed by atoms with E-state index in [1.807, 2.05) is 6.92 Å². The first kappa shape index (κ1) is 14.4. The Balaban J connectivity index is 2.46. The molecule has 0 bridgehead atoms. The van der Waals surface area contributed by atoms with E-state index >= 15 is 0 Å². The Kier molecular flexibility index (Phi) is 4.50. The molecule has 2 rings (SSSR count). The molecule has 1 aliphatic heterocycles. The van der Waals surface area contributed by atoms with Crippen molar-refractivity contribution in [3.8, 4) is 0 Å². The van der Waals surface area contributed by atoms with Crippen molar-refractivity contribution < 1.29 is 13.2 Å². The van der Waals surface area contributed by atoms with Crippen LogP contribution in [0.3, 0.4) is 0 Å². The van der Waals surface area contributed by atoms with Gasteiger partial charge in [-0.3, -0.25) is 0 Å². The first-order chi connectivity index (χ1) is 9.10. The van der Waals surface area contributed by atoms with Crippen LogP contribution in [0.4, 0.5) is 13.2 Å². The van der Waals surface area contributed by atoms with Crippen LogP contribution in [0.5, 0.6) is 0 Å². The summed E-state index contributed by atoms with van der Waals surface area (Å²) in [5.41, 5.74) is -0.278. The molecule has 1 aliphatic rings. The van der Waals surface area contributed by atoms with E-state index in [-0.39, 0.29) is 5.56 Å². The van der Waals surface area contributed by atoms with Crippen LogP contribution in [0.25, 0.3) is 0 Å². The molecule has 0 aliphatic carbocycles. The number of halogens is 3. The summed E-state index contributed by atoms with van der Waals surface area (Å²) in [5.74, 6) is -3.52. The second-order valence-corrected chi connectivity index (χ2v) is 5.29. The molecule has 4 heteroatoms. The Morgan fingerprint density at radius 2 is 1.89 bits per heavy atom. The van der Waals surface area contributed by atoms with Gasteiger partial charge in [0.25, 0.3) is 0 Å². The summed E-state index contributed by atoms with van der Waals surface area (Å²) >= 11 is 0. The van der Waals surface area contributed by atoms with Crippen molar-refractivity contribution in [2.75, 3.05) is 6.54 Å². The van der Waals surface area contributed by atoms with Gasteiger partial charge >= 0.3 is 0 Å². The maximum absolute atomic E-state index is 14.1. The molecule has 1 N–H and O–H groups in total. The Labute approximate surface area is 112 Å². The Morgan fingerprint density at radius 1 is 1.11 bits per heavy atom. The van der Waals surface area contributed by atoms with E-state index in [2.05, 4.69) is 5.32 Å². The van der Waals surface area contributed by atoms with Gasteiger partial charge in [0.15, 0.2) is 17.5 Å². The molecular weight excluding hydrogens is 251 g/mol. The molecule has 1 saturated heterocycles. The van der Waals surface area contributed by atoms with Gasteiger partial charge in [0.05, 0.1) is 0 Å². The van der Waals surface area contributed by atoms with Gasteiger partial charge in [-0.25, -0.2) is 13.2 Å². The van der Waals surface area contributed by atoms with E-state index in [0.29, 0.717) is 0 Å². The zero-order chi connectivity index (χ0) is 13.9. The van der Waals surface area contributed by atoms with Crippen LogP contribution >= 0.6 is 0 Å². The van der Waals surface area contributed by atoms with E-state index in [9.17, 15) is 13.2 Å². The number of benzene rings is 1. The minimum atomic E-state index is -1.36. The largest absolute Gasteiger partial charge is 0.307 e. The Bertz CT molecular complexity index is 437. The van der Waals surface area contributed by atoms with Gasteiger partial charge in [-0.2, -0.15) is 0 Å². The van der Waals surface area contributed by atoms with Crippen molar-refractivity contribution in [1.29, 1.82) is 0 Å². The molecule has 1 atom stereocenters. The van der Waals surface area contributed by atoms with Crippen LogP contribution in [0, 0.1) is 17.5 Å². The monoisotopic (exact) mass is 271 g/mol. The van der Waals surface area contributed by atoms with Crippen molar-refractivity contribution in [2.45, 2.75) is 51.0 Å². The van der Waals surface area contributed by atoms with Crippen molar-refractivity contribution in [3.63, 3.8) is 0 Å². The van der Waals surface area contributed by atoms with Crippen molar-refractivity contribution in [1.82, 2.24) is 5.32 Å². The molecule has 0 spiro atoms. The minimum Gasteiger partial charge on any atom is -0.307 e. The van der Waals surface area contributed by atoms with Gasteiger partial charge in [0, 0.05) is 11.1 Å². The summed E-state index contributed by atoms with van der Waals surface area (Å²) < 4.78 is 40.7. The maximum Gasteiger partial charge on any atom is 0.194 e. The smallest absolute Gasteiger partial charge is 0.194 e. The molecule has 1 nitrogen and oxygen atoms in total. The van der Waals surface area contributed by atoms with Crippen LogP contribution in [-0.4, -0.2) is 6.54 Å². The van der Waals surface area contributed by atoms with E-state index < -0.39 is 23.0 Å². The minimum absolute atomic E-state index is 0.273. The van der Waals surface area contributed by atoms with Crippen molar-refractivity contribution >= 4 is 0 Å². The first-order valence-electron chi connectivity index (χ1n) is 7.00. The normalized spacial score (nSPS) is 24.2. The van der Waals surface area contributed by atoms with E-state index in [1.165, 1.54) is 6.07 Å². The molecule has 1 fully saturated rings. The SMILES string of the molecule is CCCC1(c2ccc(F)c(F)c2F)CCCCCN1. The van der Waals surface area contributed by atoms with E-state index in [0.717, 1.165) is 51.1 Å². The zero-order valence-electron chi connectivity index (χ0n) is 11.2. The fourth-order valence-electron chi connectivity index (χ4n) is 3.04. The fourth-order valence-corrected chi connectivity index (χ4v) is 3.04. The second-order valence-electron chi connectivity index (χ2n) is 5.29. The maximum atomic E-state index is 14.1. The van der Waals surface area contributed by atoms with Gasteiger partial charge in [0.2, 0.25) is 0 Å². The number of rotatable bonds is 3. The molecule has 1 heterocycles. The lowest BCUT2D eigenvalue weighted by Crippen LogP contribution is -2.42. The topological polar surface area (TPSA) is 12.0 Å². The van der Waals surface area contributed by atoms with Gasteiger partial charge in [-0.1, -0.05) is 32.3 Å². The highest BCUT2D eigenvalue weighted by molar-refractivity contribution is 5.28. The lowest BCUT2D eigenvalue weighted by molar-refractivity contribution is 0.280. The van der Waals surface area contributed by atoms with Crippen LogP contribution in [0.15, 0.2) is 12.1 Å². The average Bonchev–Trinajstić information content (AvgIpc) is 2.63. The van der Waals surface area contributed by atoms with Crippen LogP contribution in [-0.2, 0) is 5.54 Å². The Morgan fingerprint density at radius 3 is 2.63 bits per heavy atom. The number of nitrogens with one attached hydrogen (secondary N) is 1. The molecule has 0 radical (unpaired) electrons. The van der Waals surface area contributed by atoms with Crippen LogP contribution in [0.2, 0.25) is 0 Å². The molecule has 1 aromatic carbocycles. The summed E-state index contributed by atoms with van der Waals surface area (Å²) in [6.45, 7) is 2.81. The van der Waals surface area contributed by atoms with Crippen molar-refractivity contribution in [2.24, 2.45) is 0 Å².